The molecule has 4 nitrogen and oxygen atoms in total. The maximum absolute atomic E-state index is 10.7. The van der Waals surface area contributed by atoms with E-state index >= 15 is 0 Å². The van der Waals surface area contributed by atoms with Crippen molar-refractivity contribution in [3.63, 3.8) is 0 Å². The minimum atomic E-state index is -0.809. The van der Waals surface area contributed by atoms with Gasteiger partial charge in [0, 0.05) is 18.2 Å². The average molecular weight is 270 g/mol. The van der Waals surface area contributed by atoms with Crippen LogP contribution in [0, 0.1) is 20.8 Å². The van der Waals surface area contributed by atoms with Gasteiger partial charge in [0.15, 0.2) is 0 Å². The number of nitrogens with zero attached hydrogens (tertiary/aromatic N) is 2. The van der Waals surface area contributed by atoms with Crippen LogP contribution in [0.25, 0.3) is 11.3 Å². The second kappa shape index (κ2) is 5.82. The Morgan fingerprint density at radius 1 is 1.20 bits per heavy atom. The van der Waals surface area contributed by atoms with Crippen molar-refractivity contribution in [2.75, 3.05) is 0 Å². The van der Waals surface area contributed by atoms with Crippen LogP contribution in [-0.2, 0) is 11.2 Å². The third-order valence-electron chi connectivity index (χ3n) is 3.37. The van der Waals surface area contributed by atoms with Gasteiger partial charge in [-0.1, -0.05) is 12.1 Å². The molecule has 104 valence electrons. The van der Waals surface area contributed by atoms with E-state index in [1.54, 1.807) is 6.20 Å². The summed E-state index contributed by atoms with van der Waals surface area (Å²) in [5.41, 5.74) is 5.15. The van der Waals surface area contributed by atoms with Crippen LogP contribution in [0.3, 0.4) is 0 Å². The monoisotopic (exact) mass is 270 g/mol. The minimum absolute atomic E-state index is 0.0876. The first kappa shape index (κ1) is 14.2. The van der Waals surface area contributed by atoms with Gasteiger partial charge in [-0.05, 0) is 49.9 Å². The SMILES string of the molecule is Cc1ncc(CCC(=O)O)c(-c2ccc(C)c(C)c2)n1. The van der Waals surface area contributed by atoms with Crippen LogP contribution in [0.4, 0.5) is 0 Å². The Morgan fingerprint density at radius 3 is 2.60 bits per heavy atom. The molecule has 0 bridgehead atoms. The van der Waals surface area contributed by atoms with Gasteiger partial charge in [0.2, 0.25) is 0 Å². The normalized spacial score (nSPS) is 10.6. The lowest BCUT2D eigenvalue weighted by Crippen LogP contribution is -2.03. The van der Waals surface area contributed by atoms with Gasteiger partial charge >= 0.3 is 5.97 Å². The summed E-state index contributed by atoms with van der Waals surface area (Å²) in [6.45, 7) is 5.96. The van der Waals surface area contributed by atoms with Crippen molar-refractivity contribution in [3.05, 3.63) is 46.9 Å². The van der Waals surface area contributed by atoms with Crippen molar-refractivity contribution in [1.29, 1.82) is 0 Å². The van der Waals surface area contributed by atoms with E-state index in [9.17, 15) is 4.79 Å². The Balaban J connectivity index is 2.44. The van der Waals surface area contributed by atoms with Gasteiger partial charge in [-0.15, -0.1) is 0 Å². The zero-order chi connectivity index (χ0) is 14.7. The van der Waals surface area contributed by atoms with E-state index < -0.39 is 5.97 Å². The highest BCUT2D eigenvalue weighted by Crippen LogP contribution is 2.24. The molecule has 0 amide bonds. The molecule has 0 fully saturated rings. The third kappa shape index (κ3) is 3.20. The van der Waals surface area contributed by atoms with E-state index in [0.29, 0.717) is 12.2 Å². The highest BCUT2D eigenvalue weighted by molar-refractivity contribution is 5.69. The Hall–Kier alpha value is -2.23. The summed E-state index contributed by atoms with van der Waals surface area (Å²) >= 11 is 0. The van der Waals surface area contributed by atoms with Crippen molar-refractivity contribution in [3.8, 4) is 11.3 Å². The molecular weight excluding hydrogens is 252 g/mol. The summed E-state index contributed by atoms with van der Waals surface area (Å²) in [5, 5.41) is 8.83. The summed E-state index contributed by atoms with van der Waals surface area (Å²) in [4.78, 5) is 19.4. The van der Waals surface area contributed by atoms with Gasteiger partial charge in [-0.3, -0.25) is 4.79 Å². The van der Waals surface area contributed by atoms with E-state index in [2.05, 4.69) is 35.9 Å². The largest absolute Gasteiger partial charge is 0.481 e. The summed E-state index contributed by atoms with van der Waals surface area (Å²) in [6, 6.07) is 6.17. The first-order chi connectivity index (χ1) is 9.47. The van der Waals surface area contributed by atoms with E-state index in [1.807, 2.05) is 13.0 Å². The second-order valence-electron chi connectivity index (χ2n) is 4.98. The molecule has 1 N–H and O–H groups in total. The molecule has 0 spiro atoms. The average Bonchev–Trinajstić information content (AvgIpc) is 2.40. The van der Waals surface area contributed by atoms with Crippen molar-refractivity contribution in [1.82, 2.24) is 9.97 Å². The van der Waals surface area contributed by atoms with Gasteiger partial charge in [-0.25, -0.2) is 9.97 Å². The molecule has 0 saturated carbocycles. The lowest BCUT2D eigenvalue weighted by atomic mass is 10.00. The first-order valence-electron chi connectivity index (χ1n) is 6.59. The smallest absolute Gasteiger partial charge is 0.303 e. The summed E-state index contributed by atoms with van der Waals surface area (Å²) in [6.07, 6.45) is 2.26. The molecule has 0 aliphatic heterocycles. The fraction of sp³-hybridized carbons (Fsp3) is 0.312. The number of carboxylic acid groups (broad SMARTS) is 1. The zero-order valence-electron chi connectivity index (χ0n) is 12.0. The molecule has 0 aliphatic carbocycles. The molecule has 20 heavy (non-hydrogen) atoms. The Morgan fingerprint density at radius 2 is 1.95 bits per heavy atom. The number of aryl methyl sites for hydroxylation is 4. The Kier molecular flexibility index (Phi) is 4.13. The van der Waals surface area contributed by atoms with Crippen molar-refractivity contribution < 1.29 is 9.90 Å². The van der Waals surface area contributed by atoms with Gasteiger partial charge in [0.25, 0.3) is 0 Å². The van der Waals surface area contributed by atoms with Crippen LogP contribution in [-0.4, -0.2) is 21.0 Å². The lowest BCUT2D eigenvalue weighted by Gasteiger charge is -2.10. The molecule has 1 aromatic heterocycles. The molecule has 0 unspecified atom stereocenters. The number of aliphatic carboxylic acids is 1. The highest BCUT2D eigenvalue weighted by Gasteiger charge is 2.10. The topological polar surface area (TPSA) is 63.1 Å². The fourth-order valence-electron chi connectivity index (χ4n) is 2.06. The standard InChI is InChI=1S/C16H18N2O2/c1-10-4-5-13(8-11(10)2)16-14(6-7-15(19)20)9-17-12(3)18-16/h4-5,8-9H,6-7H2,1-3H3,(H,19,20). The van der Waals surface area contributed by atoms with Crippen molar-refractivity contribution >= 4 is 5.97 Å². The molecule has 4 heteroatoms. The predicted octanol–water partition coefficient (Wildman–Crippen LogP) is 3.09. The number of hydrogen-bond donors (Lipinski definition) is 1. The van der Waals surface area contributed by atoms with Crippen LogP contribution in [0.1, 0.15) is 28.9 Å². The number of hydrogen-bond acceptors (Lipinski definition) is 3. The maximum atomic E-state index is 10.7. The van der Waals surface area contributed by atoms with E-state index in [1.165, 1.54) is 11.1 Å². The van der Waals surface area contributed by atoms with Crippen LogP contribution in [0.15, 0.2) is 24.4 Å². The number of aromatic nitrogens is 2. The van der Waals surface area contributed by atoms with Gasteiger partial charge in [0.1, 0.15) is 5.82 Å². The molecule has 1 heterocycles. The molecule has 1 aromatic carbocycles. The lowest BCUT2D eigenvalue weighted by molar-refractivity contribution is -0.136. The maximum Gasteiger partial charge on any atom is 0.303 e. The summed E-state index contributed by atoms with van der Waals surface area (Å²) in [7, 11) is 0. The molecule has 0 saturated heterocycles. The number of rotatable bonds is 4. The number of carbonyl (C=O) groups is 1. The van der Waals surface area contributed by atoms with E-state index in [0.717, 1.165) is 16.8 Å². The first-order valence-corrected chi connectivity index (χ1v) is 6.59. The van der Waals surface area contributed by atoms with Gasteiger partial charge in [0.05, 0.1) is 5.69 Å². The number of carboxylic acids is 1. The predicted molar refractivity (Wildman–Crippen MR) is 77.6 cm³/mol. The Bertz CT molecular complexity index is 651. The van der Waals surface area contributed by atoms with Crippen LogP contribution >= 0.6 is 0 Å². The van der Waals surface area contributed by atoms with E-state index in [4.69, 9.17) is 5.11 Å². The van der Waals surface area contributed by atoms with Crippen LogP contribution in [0.2, 0.25) is 0 Å². The molecular formula is C16H18N2O2. The fourth-order valence-corrected chi connectivity index (χ4v) is 2.06. The van der Waals surface area contributed by atoms with Crippen molar-refractivity contribution in [2.45, 2.75) is 33.6 Å². The molecule has 0 radical (unpaired) electrons. The number of benzene rings is 1. The third-order valence-corrected chi connectivity index (χ3v) is 3.37. The highest BCUT2D eigenvalue weighted by atomic mass is 16.4. The molecule has 2 rings (SSSR count). The molecule has 0 aliphatic rings. The molecule has 2 aromatic rings. The second-order valence-corrected chi connectivity index (χ2v) is 4.98. The zero-order valence-corrected chi connectivity index (χ0v) is 12.0. The molecule has 0 atom stereocenters. The summed E-state index contributed by atoms with van der Waals surface area (Å²) < 4.78 is 0. The van der Waals surface area contributed by atoms with E-state index in [-0.39, 0.29) is 6.42 Å². The van der Waals surface area contributed by atoms with Crippen LogP contribution in [0.5, 0.6) is 0 Å². The van der Waals surface area contributed by atoms with Crippen LogP contribution < -0.4 is 0 Å². The summed E-state index contributed by atoms with van der Waals surface area (Å²) in [5.74, 6) is -0.117. The van der Waals surface area contributed by atoms with Crippen molar-refractivity contribution in [2.24, 2.45) is 0 Å². The van der Waals surface area contributed by atoms with Gasteiger partial charge < -0.3 is 5.11 Å². The van der Waals surface area contributed by atoms with Gasteiger partial charge in [-0.2, -0.15) is 0 Å². The Labute approximate surface area is 118 Å². The quantitative estimate of drug-likeness (QED) is 0.927. The minimum Gasteiger partial charge on any atom is -0.481 e.